The van der Waals surface area contributed by atoms with Gasteiger partial charge in [0.05, 0.1) is 6.61 Å². The maximum atomic E-state index is 5.47. The van der Waals surface area contributed by atoms with Crippen LogP contribution in [0.15, 0.2) is 48.5 Å². The van der Waals surface area contributed by atoms with Crippen molar-refractivity contribution in [1.82, 2.24) is 0 Å². The van der Waals surface area contributed by atoms with E-state index in [0.717, 1.165) is 28.7 Å². The Kier molecular flexibility index (Phi) is 8.04. The fourth-order valence-electron chi connectivity index (χ4n) is 4.29. The molecule has 1 aliphatic rings. The van der Waals surface area contributed by atoms with Gasteiger partial charge in [0.2, 0.25) is 0 Å². The molecule has 1 nitrogen and oxygen atoms in total. The Hall–Kier alpha value is -2.20. The third-order valence-electron chi connectivity index (χ3n) is 5.97. The number of benzene rings is 2. The summed E-state index contributed by atoms with van der Waals surface area (Å²) in [6.07, 6.45) is 11.1. The predicted octanol–water partition coefficient (Wildman–Crippen LogP) is 7.02. The van der Waals surface area contributed by atoms with Gasteiger partial charge in [-0.3, -0.25) is 0 Å². The molecule has 0 amide bonds. The van der Waals surface area contributed by atoms with Crippen LogP contribution in [-0.4, -0.2) is 6.61 Å². The van der Waals surface area contributed by atoms with Crippen LogP contribution >= 0.6 is 0 Å². The van der Waals surface area contributed by atoms with Crippen molar-refractivity contribution in [3.05, 3.63) is 65.2 Å². The van der Waals surface area contributed by atoms with Crippen LogP contribution in [0.4, 0.5) is 0 Å². The average Bonchev–Trinajstić information content (AvgIpc) is 2.74. The molecule has 0 aliphatic heterocycles. The predicted molar refractivity (Wildman–Crippen MR) is 119 cm³/mol. The third kappa shape index (κ3) is 6.45. The maximum Gasteiger partial charge on any atom is 0.119 e. The lowest BCUT2D eigenvalue weighted by Gasteiger charge is -2.28. The Morgan fingerprint density at radius 3 is 1.82 bits per heavy atom. The molecule has 0 spiro atoms. The SMILES string of the molecule is CCCC1CCC(CCc2ccc(C#Cc3ccc(OCC)cc3)cc2)CC1. The fourth-order valence-corrected chi connectivity index (χ4v) is 4.29. The summed E-state index contributed by atoms with van der Waals surface area (Å²) in [4.78, 5) is 0. The number of hydrogen-bond donors (Lipinski definition) is 0. The van der Waals surface area contributed by atoms with Crippen molar-refractivity contribution in [2.45, 2.75) is 65.2 Å². The van der Waals surface area contributed by atoms with Gasteiger partial charge in [0, 0.05) is 11.1 Å². The Bertz CT molecular complexity index is 753. The smallest absolute Gasteiger partial charge is 0.119 e. The van der Waals surface area contributed by atoms with Gasteiger partial charge >= 0.3 is 0 Å². The summed E-state index contributed by atoms with van der Waals surface area (Å²) < 4.78 is 5.47. The standard InChI is InChI=1S/C27H34O/c1-3-5-22-6-8-23(9-7-22)10-11-24-12-14-25(15-13-24)16-17-26-18-20-27(21-19-26)28-4-2/h12-15,18-23H,3-11H2,1-2H3. The minimum atomic E-state index is 0.692. The molecule has 0 N–H and O–H groups in total. The Morgan fingerprint density at radius 1 is 0.750 bits per heavy atom. The summed E-state index contributed by atoms with van der Waals surface area (Å²) >= 11 is 0. The van der Waals surface area contributed by atoms with Gasteiger partial charge in [0.1, 0.15) is 5.75 Å². The molecule has 28 heavy (non-hydrogen) atoms. The zero-order chi connectivity index (χ0) is 19.6. The highest BCUT2D eigenvalue weighted by Crippen LogP contribution is 2.33. The zero-order valence-electron chi connectivity index (χ0n) is 17.5. The van der Waals surface area contributed by atoms with E-state index in [2.05, 4.69) is 43.0 Å². The lowest BCUT2D eigenvalue weighted by Crippen LogP contribution is -2.15. The van der Waals surface area contributed by atoms with Crippen molar-refractivity contribution in [2.24, 2.45) is 11.8 Å². The minimum Gasteiger partial charge on any atom is -0.494 e. The van der Waals surface area contributed by atoms with Crippen molar-refractivity contribution >= 4 is 0 Å². The molecule has 1 saturated carbocycles. The van der Waals surface area contributed by atoms with Gasteiger partial charge in [-0.25, -0.2) is 0 Å². The number of rotatable bonds is 7. The fraction of sp³-hybridized carbons (Fsp3) is 0.481. The Morgan fingerprint density at radius 2 is 1.29 bits per heavy atom. The van der Waals surface area contributed by atoms with E-state index < -0.39 is 0 Å². The van der Waals surface area contributed by atoms with Crippen LogP contribution in [0, 0.1) is 23.7 Å². The zero-order valence-corrected chi connectivity index (χ0v) is 17.5. The third-order valence-corrected chi connectivity index (χ3v) is 5.97. The Balaban J connectivity index is 1.46. The highest BCUT2D eigenvalue weighted by atomic mass is 16.5. The van der Waals surface area contributed by atoms with Crippen molar-refractivity contribution < 1.29 is 4.74 Å². The summed E-state index contributed by atoms with van der Waals surface area (Å²) in [5.74, 6) is 9.36. The first-order valence-electron chi connectivity index (χ1n) is 11.1. The van der Waals surface area contributed by atoms with Crippen LogP contribution in [0.25, 0.3) is 0 Å². The van der Waals surface area contributed by atoms with Gasteiger partial charge in [0.25, 0.3) is 0 Å². The van der Waals surface area contributed by atoms with E-state index in [-0.39, 0.29) is 0 Å². The first kappa shape index (κ1) is 20.5. The molecule has 0 saturated heterocycles. The van der Waals surface area contributed by atoms with Crippen LogP contribution in [-0.2, 0) is 6.42 Å². The summed E-state index contributed by atoms with van der Waals surface area (Å²) in [6.45, 7) is 5.01. The second-order valence-corrected chi connectivity index (χ2v) is 8.12. The van der Waals surface area contributed by atoms with Crippen molar-refractivity contribution in [3.63, 3.8) is 0 Å². The van der Waals surface area contributed by atoms with Crippen LogP contribution in [0.3, 0.4) is 0 Å². The van der Waals surface area contributed by atoms with Gasteiger partial charge in [-0.1, -0.05) is 69.4 Å². The van der Waals surface area contributed by atoms with Gasteiger partial charge in [-0.2, -0.15) is 0 Å². The monoisotopic (exact) mass is 374 g/mol. The molecule has 1 heteroatoms. The average molecular weight is 375 g/mol. The summed E-state index contributed by atoms with van der Waals surface area (Å²) in [5.41, 5.74) is 3.55. The number of aryl methyl sites for hydroxylation is 1. The summed E-state index contributed by atoms with van der Waals surface area (Å²) in [6, 6.07) is 16.8. The number of ether oxygens (including phenoxy) is 1. The van der Waals surface area contributed by atoms with E-state index in [1.807, 2.05) is 31.2 Å². The lowest BCUT2D eigenvalue weighted by molar-refractivity contribution is 0.252. The molecule has 1 fully saturated rings. The molecule has 0 heterocycles. The lowest BCUT2D eigenvalue weighted by atomic mass is 9.78. The first-order chi connectivity index (χ1) is 13.8. The van der Waals surface area contributed by atoms with Gasteiger partial charge < -0.3 is 4.74 Å². The second kappa shape index (κ2) is 11.0. The van der Waals surface area contributed by atoms with E-state index in [1.165, 1.54) is 56.9 Å². The second-order valence-electron chi connectivity index (χ2n) is 8.12. The molecule has 0 bridgehead atoms. The molecule has 0 atom stereocenters. The van der Waals surface area contributed by atoms with Crippen molar-refractivity contribution in [3.8, 4) is 17.6 Å². The molecule has 2 aromatic rings. The quantitative estimate of drug-likeness (QED) is 0.473. The molecule has 0 aromatic heterocycles. The normalized spacial score (nSPS) is 18.9. The number of hydrogen-bond acceptors (Lipinski definition) is 1. The van der Waals surface area contributed by atoms with Crippen LogP contribution in [0.2, 0.25) is 0 Å². The van der Waals surface area contributed by atoms with Crippen LogP contribution < -0.4 is 4.74 Å². The van der Waals surface area contributed by atoms with Gasteiger partial charge in [-0.05, 0) is 73.6 Å². The van der Waals surface area contributed by atoms with E-state index >= 15 is 0 Å². The molecular formula is C27H34O. The van der Waals surface area contributed by atoms with Crippen molar-refractivity contribution in [1.29, 1.82) is 0 Å². The van der Waals surface area contributed by atoms with E-state index in [0.29, 0.717) is 6.61 Å². The van der Waals surface area contributed by atoms with Gasteiger partial charge in [0.15, 0.2) is 0 Å². The van der Waals surface area contributed by atoms with E-state index in [4.69, 9.17) is 4.74 Å². The molecule has 1 aliphatic carbocycles. The van der Waals surface area contributed by atoms with Gasteiger partial charge in [-0.15, -0.1) is 0 Å². The molecule has 148 valence electrons. The molecular weight excluding hydrogens is 340 g/mol. The van der Waals surface area contributed by atoms with E-state index in [9.17, 15) is 0 Å². The molecule has 3 rings (SSSR count). The largest absolute Gasteiger partial charge is 0.494 e. The molecule has 2 aromatic carbocycles. The van der Waals surface area contributed by atoms with Crippen molar-refractivity contribution in [2.75, 3.05) is 6.61 Å². The maximum absolute atomic E-state index is 5.47. The molecule has 0 radical (unpaired) electrons. The first-order valence-corrected chi connectivity index (χ1v) is 11.1. The Labute approximate surface area is 171 Å². The van der Waals surface area contributed by atoms with E-state index in [1.54, 1.807) is 0 Å². The topological polar surface area (TPSA) is 9.23 Å². The summed E-state index contributed by atoms with van der Waals surface area (Å²) in [5, 5.41) is 0. The summed E-state index contributed by atoms with van der Waals surface area (Å²) in [7, 11) is 0. The highest BCUT2D eigenvalue weighted by molar-refractivity contribution is 5.44. The highest BCUT2D eigenvalue weighted by Gasteiger charge is 2.20. The van der Waals surface area contributed by atoms with Crippen LogP contribution in [0.5, 0.6) is 5.75 Å². The van der Waals surface area contributed by atoms with Crippen LogP contribution in [0.1, 0.15) is 75.5 Å². The molecule has 0 unspecified atom stereocenters. The minimum absolute atomic E-state index is 0.692.